The molecule has 0 amide bonds. The number of aliphatic hydroxyl groups is 1. The highest BCUT2D eigenvalue weighted by molar-refractivity contribution is 6.17. The minimum Gasteiger partial charge on any atom is -0.504 e. The topological polar surface area (TPSA) is 118 Å². The van der Waals surface area contributed by atoms with Crippen LogP contribution in [0, 0.1) is 11.8 Å². The largest absolute Gasteiger partial charge is 0.504 e. The van der Waals surface area contributed by atoms with E-state index in [0.29, 0.717) is 0 Å². The van der Waals surface area contributed by atoms with E-state index in [1.54, 1.807) is 6.08 Å². The van der Waals surface area contributed by atoms with Gasteiger partial charge >= 0.3 is 5.97 Å². The van der Waals surface area contributed by atoms with Gasteiger partial charge in [0.15, 0.2) is 11.5 Å². The summed E-state index contributed by atoms with van der Waals surface area (Å²) in [6.45, 7) is -0.272. The predicted molar refractivity (Wildman–Crippen MR) is 86.5 cm³/mol. The van der Waals surface area contributed by atoms with Crippen LogP contribution in [0.4, 0.5) is 0 Å². The number of carbonyl (C=O) groups is 1. The Balaban J connectivity index is 1.57. The summed E-state index contributed by atoms with van der Waals surface area (Å²) in [5, 5.41) is 28.8. The standard InChI is InChI=1S/C17H17ClO8/c18-7-24-16-12-9(3-4-23-16)13(14-17(12,6-19)26-14)25-15(22)8-1-2-10(20)11(21)5-8/h1-5,9,12-14,16,19-21H,6-7H2/t9-,12-,13+,14?,16+,17-/m1/s1. The molecule has 4 rings (SSSR count). The zero-order chi connectivity index (χ0) is 18.5. The van der Waals surface area contributed by atoms with Gasteiger partial charge in [0, 0.05) is 5.92 Å². The number of fused-ring (bicyclic) bond motifs is 3. The van der Waals surface area contributed by atoms with Crippen molar-refractivity contribution < 1.29 is 39.1 Å². The lowest BCUT2D eigenvalue weighted by Gasteiger charge is -2.35. The summed E-state index contributed by atoms with van der Waals surface area (Å²) >= 11 is 5.64. The van der Waals surface area contributed by atoms with Crippen LogP contribution >= 0.6 is 11.6 Å². The fraction of sp³-hybridized carbons (Fsp3) is 0.471. The number of carbonyl (C=O) groups excluding carboxylic acids is 1. The Kier molecular flexibility index (Phi) is 4.23. The second-order valence-corrected chi connectivity index (χ2v) is 6.66. The number of aromatic hydroxyl groups is 2. The Hall–Kier alpha value is -2.00. The van der Waals surface area contributed by atoms with E-state index in [1.165, 1.54) is 18.4 Å². The second-order valence-electron chi connectivity index (χ2n) is 6.44. The lowest BCUT2D eigenvalue weighted by atomic mass is 9.86. The summed E-state index contributed by atoms with van der Waals surface area (Å²) in [7, 11) is 0. The molecule has 9 heteroatoms. The molecule has 1 unspecified atom stereocenters. The molecule has 2 fully saturated rings. The first-order chi connectivity index (χ1) is 12.5. The molecule has 6 atom stereocenters. The summed E-state index contributed by atoms with van der Waals surface area (Å²) in [4.78, 5) is 12.5. The number of halogens is 1. The van der Waals surface area contributed by atoms with E-state index in [2.05, 4.69) is 0 Å². The van der Waals surface area contributed by atoms with E-state index in [0.717, 1.165) is 6.07 Å². The van der Waals surface area contributed by atoms with E-state index in [1.807, 2.05) is 0 Å². The molecule has 0 bridgehead atoms. The van der Waals surface area contributed by atoms with Crippen molar-refractivity contribution in [2.45, 2.75) is 24.1 Å². The normalized spacial score (nSPS) is 36.8. The van der Waals surface area contributed by atoms with E-state index in [9.17, 15) is 20.1 Å². The fourth-order valence-corrected chi connectivity index (χ4v) is 4.03. The van der Waals surface area contributed by atoms with Crippen LogP contribution < -0.4 is 0 Å². The van der Waals surface area contributed by atoms with Crippen molar-refractivity contribution in [3.05, 3.63) is 36.1 Å². The van der Waals surface area contributed by atoms with Gasteiger partial charge in [-0.2, -0.15) is 0 Å². The van der Waals surface area contributed by atoms with Gasteiger partial charge in [-0.05, 0) is 24.3 Å². The molecule has 1 aromatic carbocycles. The molecule has 1 aromatic rings. The van der Waals surface area contributed by atoms with Crippen molar-refractivity contribution in [1.82, 2.24) is 0 Å². The highest BCUT2D eigenvalue weighted by atomic mass is 35.5. The monoisotopic (exact) mass is 384 g/mol. The summed E-state index contributed by atoms with van der Waals surface area (Å²) in [5.74, 6) is -2.09. The van der Waals surface area contributed by atoms with E-state index in [-0.39, 0.29) is 35.8 Å². The SMILES string of the molecule is O=C(O[C@@H]1C2O[C@]2(CO)[C@H]2[C@H](OCCl)OC=C[C@H]21)c1ccc(O)c(O)c1. The molecular formula is C17H17ClO8. The van der Waals surface area contributed by atoms with Gasteiger partial charge < -0.3 is 34.3 Å². The first kappa shape index (κ1) is 17.4. The number of epoxide rings is 1. The first-order valence-electron chi connectivity index (χ1n) is 8.03. The number of aliphatic hydroxyl groups excluding tert-OH is 1. The second kappa shape index (κ2) is 6.31. The van der Waals surface area contributed by atoms with Gasteiger partial charge in [-0.1, -0.05) is 11.6 Å². The summed E-state index contributed by atoms with van der Waals surface area (Å²) in [5.41, 5.74) is -0.822. The number of benzene rings is 1. The zero-order valence-electron chi connectivity index (χ0n) is 13.4. The van der Waals surface area contributed by atoms with Crippen LogP contribution in [0.5, 0.6) is 11.5 Å². The number of esters is 1. The van der Waals surface area contributed by atoms with Crippen LogP contribution in [0.2, 0.25) is 0 Å². The van der Waals surface area contributed by atoms with Crippen LogP contribution in [0.3, 0.4) is 0 Å². The Morgan fingerprint density at radius 1 is 1.31 bits per heavy atom. The van der Waals surface area contributed by atoms with Gasteiger partial charge in [-0.25, -0.2) is 4.79 Å². The van der Waals surface area contributed by atoms with Gasteiger partial charge in [0.05, 0.1) is 24.4 Å². The van der Waals surface area contributed by atoms with Gasteiger partial charge in [0.2, 0.25) is 6.29 Å². The maximum absolute atomic E-state index is 12.5. The van der Waals surface area contributed by atoms with Crippen molar-refractivity contribution in [2.75, 3.05) is 12.7 Å². The summed E-state index contributed by atoms with van der Waals surface area (Å²) in [6, 6.07) is 3.57. The van der Waals surface area contributed by atoms with E-state index >= 15 is 0 Å². The summed E-state index contributed by atoms with van der Waals surface area (Å²) < 4.78 is 22.1. The molecule has 1 aliphatic carbocycles. The highest BCUT2D eigenvalue weighted by Gasteiger charge is 2.77. The highest BCUT2D eigenvalue weighted by Crippen LogP contribution is 2.60. The van der Waals surface area contributed by atoms with Gasteiger partial charge in [-0.15, -0.1) is 0 Å². The lowest BCUT2D eigenvalue weighted by Crippen LogP contribution is -2.44. The Bertz CT molecular complexity index is 752. The van der Waals surface area contributed by atoms with Crippen LogP contribution in [0.15, 0.2) is 30.5 Å². The molecule has 2 heterocycles. The number of alkyl halides is 1. The lowest BCUT2D eigenvalue weighted by molar-refractivity contribution is -0.172. The van der Waals surface area contributed by atoms with E-state index < -0.39 is 35.8 Å². The molecule has 0 radical (unpaired) electrons. The zero-order valence-corrected chi connectivity index (χ0v) is 14.2. The van der Waals surface area contributed by atoms with Gasteiger partial charge in [-0.3, -0.25) is 0 Å². The molecular weight excluding hydrogens is 368 g/mol. The Morgan fingerprint density at radius 3 is 2.81 bits per heavy atom. The van der Waals surface area contributed by atoms with Crippen molar-refractivity contribution in [1.29, 1.82) is 0 Å². The molecule has 0 aromatic heterocycles. The van der Waals surface area contributed by atoms with Crippen LogP contribution in [0.1, 0.15) is 10.4 Å². The number of phenols is 2. The van der Waals surface area contributed by atoms with Crippen molar-refractivity contribution in [2.24, 2.45) is 11.8 Å². The molecule has 3 N–H and O–H groups in total. The average molecular weight is 385 g/mol. The number of hydrogen-bond acceptors (Lipinski definition) is 8. The van der Waals surface area contributed by atoms with Crippen molar-refractivity contribution in [3.63, 3.8) is 0 Å². The van der Waals surface area contributed by atoms with Crippen molar-refractivity contribution in [3.8, 4) is 11.5 Å². The third-order valence-corrected chi connectivity index (χ3v) is 5.29. The first-order valence-corrected chi connectivity index (χ1v) is 8.56. The molecule has 26 heavy (non-hydrogen) atoms. The third kappa shape index (κ3) is 2.52. The molecule has 2 aliphatic heterocycles. The Labute approximate surface area is 153 Å². The molecule has 0 spiro atoms. The third-order valence-electron chi connectivity index (χ3n) is 5.16. The minimum atomic E-state index is -0.909. The van der Waals surface area contributed by atoms with E-state index in [4.69, 9.17) is 30.5 Å². The number of phenolic OH excluding ortho intramolecular Hbond substituents is 2. The predicted octanol–water partition coefficient (Wildman–Crippen LogP) is 1.08. The smallest absolute Gasteiger partial charge is 0.338 e. The van der Waals surface area contributed by atoms with Crippen molar-refractivity contribution >= 4 is 17.6 Å². The maximum atomic E-state index is 12.5. The number of ether oxygens (including phenoxy) is 4. The molecule has 1 saturated carbocycles. The van der Waals surface area contributed by atoms with Crippen LogP contribution in [0.25, 0.3) is 0 Å². The van der Waals surface area contributed by atoms with Gasteiger partial charge in [0.25, 0.3) is 0 Å². The number of rotatable bonds is 5. The maximum Gasteiger partial charge on any atom is 0.338 e. The fourth-order valence-electron chi connectivity index (χ4n) is 3.91. The average Bonchev–Trinajstić information content (AvgIpc) is 3.31. The number of hydrogen-bond donors (Lipinski definition) is 3. The van der Waals surface area contributed by atoms with Crippen LogP contribution in [-0.2, 0) is 18.9 Å². The Morgan fingerprint density at radius 2 is 2.12 bits per heavy atom. The summed E-state index contributed by atoms with van der Waals surface area (Å²) in [6.07, 6.45) is 1.34. The van der Waals surface area contributed by atoms with Gasteiger partial charge in [0.1, 0.15) is 23.9 Å². The van der Waals surface area contributed by atoms with Crippen LogP contribution in [-0.4, -0.2) is 58.1 Å². The minimum absolute atomic E-state index is 0.0867. The molecule has 3 aliphatic rings. The molecule has 8 nitrogen and oxygen atoms in total. The molecule has 1 saturated heterocycles. The quantitative estimate of drug-likeness (QED) is 0.299. The molecule has 140 valence electrons.